The fraction of sp³-hybridized carbons (Fsp3) is 0.385. The smallest absolute Gasteiger partial charge is 0.252 e. The molecule has 4 N–H and O–H groups in total. The minimum atomic E-state index is -0.567. The predicted molar refractivity (Wildman–Crippen MR) is 66.8 cm³/mol. The van der Waals surface area contributed by atoms with Gasteiger partial charge in [-0.15, -0.1) is 0 Å². The first-order valence-corrected chi connectivity index (χ1v) is 5.75. The quantitative estimate of drug-likeness (QED) is 0.766. The molecule has 18 heavy (non-hydrogen) atoms. The minimum Gasteiger partial charge on any atom is -0.492 e. The molecule has 1 aliphatic carbocycles. The number of nitrogens with zero attached hydrogens (tertiary/aromatic N) is 1. The zero-order chi connectivity index (χ0) is 13.2. The number of carbonyl (C=O) groups is 1. The van der Waals surface area contributed by atoms with Crippen LogP contribution in [0, 0.1) is 16.7 Å². The number of nitrogens with two attached hydrogens (primary N) is 2. The van der Waals surface area contributed by atoms with Crippen molar-refractivity contribution >= 4 is 11.6 Å². The Morgan fingerprint density at radius 2 is 2.22 bits per heavy atom. The summed E-state index contributed by atoms with van der Waals surface area (Å²) in [7, 11) is 0. The summed E-state index contributed by atoms with van der Waals surface area (Å²) in [6.45, 7) is 0.435. The molecule has 1 saturated carbocycles. The third-order valence-electron chi connectivity index (χ3n) is 3.21. The van der Waals surface area contributed by atoms with Crippen LogP contribution in [0.25, 0.3) is 0 Å². The van der Waals surface area contributed by atoms with Crippen LogP contribution in [0.5, 0.6) is 5.75 Å². The zero-order valence-corrected chi connectivity index (χ0v) is 9.98. The van der Waals surface area contributed by atoms with Gasteiger partial charge in [-0.25, -0.2) is 0 Å². The Balaban J connectivity index is 2.10. The summed E-state index contributed by atoms with van der Waals surface area (Å²) in [5, 5.41) is 8.72. The molecule has 0 spiro atoms. The number of benzene rings is 1. The highest BCUT2D eigenvalue weighted by Crippen LogP contribution is 2.48. The minimum absolute atomic E-state index is 0.0367. The number of rotatable bonds is 5. The Morgan fingerprint density at radius 3 is 2.78 bits per heavy atom. The number of carbonyl (C=O) groups excluding carboxylic acids is 1. The molecule has 0 aromatic heterocycles. The second kappa shape index (κ2) is 4.57. The summed E-state index contributed by atoms with van der Waals surface area (Å²) in [5.41, 5.74) is 11.6. The molecule has 0 atom stereocenters. The van der Waals surface area contributed by atoms with E-state index in [-0.39, 0.29) is 11.0 Å². The first-order valence-electron chi connectivity index (χ1n) is 5.75. The maximum atomic E-state index is 11.3. The third kappa shape index (κ3) is 2.54. The molecular weight excluding hydrogens is 230 g/mol. The molecule has 2 rings (SSSR count). The van der Waals surface area contributed by atoms with E-state index >= 15 is 0 Å². The molecule has 0 radical (unpaired) electrons. The Kier molecular flexibility index (Phi) is 3.11. The number of nitrogen functional groups attached to an aromatic ring is 1. The number of ether oxygens (including phenoxy) is 1. The number of primary amides is 1. The second-order valence-corrected chi connectivity index (χ2v) is 4.74. The molecule has 1 amide bonds. The van der Waals surface area contributed by atoms with E-state index < -0.39 is 5.91 Å². The molecule has 0 saturated heterocycles. The highest BCUT2D eigenvalue weighted by atomic mass is 16.5. The van der Waals surface area contributed by atoms with E-state index in [9.17, 15) is 4.79 Å². The maximum absolute atomic E-state index is 11.3. The summed E-state index contributed by atoms with van der Waals surface area (Å²) in [5.74, 6) is -0.136. The lowest BCUT2D eigenvalue weighted by atomic mass is 10.1. The van der Waals surface area contributed by atoms with Crippen molar-refractivity contribution in [3.63, 3.8) is 0 Å². The summed E-state index contributed by atoms with van der Waals surface area (Å²) in [4.78, 5) is 11.3. The van der Waals surface area contributed by atoms with Gasteiger partial charge in [0, 0.05) is 17.5 Å². The van der Waals surface area contributed by atoms with E-state index in [4.69, 9.17) is 21.5 Å². The van der Waals surface area contributed by atoms with E-state index in [0.29, 0.717) is 24.5 Å². The third-order valence-corrected chi connectivity index (χ3v) is 3.21. The van der Waals surface area contributed by atoms with Crippen molar-refractivity contribution in [2.45, 2.75) is 19.3 Å². The highest BCUT2D eigenvalue weighted by molar-refractivity contribution is 5.96. The average molecular weight is 245 g/mol. The van der Waals surface area contributed by atoms with Gasteiger partial charge in [0.05, 0.1) is 18.2 Å². The topological polar surface area (TPSA) is 102 Å². The number of hydrogen-bond donors (Lipinski definition) is 2. The first-order chi connectivity index (χ1) is 8.56. The summed E-state index contributed by atoms with van der Waals surface area (Å²) in [6, 6.07) is 6.96. The highest BCUT2D eigenvalue weighted by Gasteiger charge is 2.43. The van der Waals surface area contributed by atoms with Crippen molar-refractivity contribution in [1.82, 2.24) is 0 Å². The lowest BCUT2D eigenvalue weighted by Gasteiger charge is -2.15. The van der Waals surface area contributed by atoms with Gasteiger partial charge in [-0.2, -0.15) is 5.26 Å². The van der Waals surface area contributed by atoms with Gasteiger partial charge in [-0.3, -0.25) is 4.79 Å². The Bertz CT molecular complexity index is 515. The van der Waals surface area contributed by atoms with Crippen molar-refractivity contribution in [1.29, 1.82) is 5.26 Å². The van der Waals surface area contributed by atoms with E-state index in [2.05, 4.69) is 6.07 Å². The van der Waals surface area contributed by atoms with Crippen molar-refractivity contribution in [2.24, 2.45) is 11.1 Å². The fourth-order valence-corrected chi connectivity index (χ4v) is 1.81. The molecule has 0 aliphatic heterocycles. The van der Waals surface area contributed by atoms with Crippen molar-refractivity contribution in [2.75, 3.05) is 12.3 Å². The molecule has 0 bridgehead atoms. The second-order valence-electron chi connectivity index (χ2n) is 4.74. The molecule has 1 aromatic carbocycles. The standard InChI is InChI=1S/C13H15N3O2/c14-6-5-13(3-4-13)8-18-11-2-1-9(15)7-10(11)12(16)17/h1-2,7H,3-5,8,15H2,(H2,16,17). The van der Waals surface area contributed by atoms with Crippen molar-refractivity contribution in [3.8, 4) is 11.8 Å². The molecule has 5 heteroatoms. The van der Waals surface area contributed by atoms with Gasteiger partial charge >= 0.3 is 0 Å². The van der Waals surface area contributed by atoms with Crippen LogP contribution in [0.2, 0.25) is 0 Å². The molecule has 0 unspecified atom stereocenters. The number of hydrogen-bond acceptors (Lipinski definition) is 4. The van der Waals surface area contributed by atoms with Crippen LogP contribution in [-0.4, -0.2) is 12.5 Å². The van der Waals surface area contributed by atoms with Crippen LogP contribution in [-0.2, 0) is 0 Å². The Labute approximate surface area is 105 Å². The first kappa shape index (κ1) is 12.2. The van der Waals surface area contributed by atoms with Gasteiger partial charge in [0.15, 0.2) is 0 Å². The normalized spacial score (nSPS) is 15.7. The average Bonchev–Trinajstić information content (AvgIpc) is 3.08. The van der Waals surface area contributed by atoms with Crippen molar-refractivity contribution in [3.05, 3.63) is 23.8 Å². The van der Waals surface area contributed by atoms with Gasteiger partial charge in [0.1, 0.15) is 5.75 Å². The molecule has 94 valence electrons. The van der Waals surface area contributed by atoms with Crippen LogP contribution >= 0.6 is 0 Å². The van der Waals surface area contributed by atoms with Crippen LogP contribution in [0.4, 0.5) is 5.69 Å². The fourth-order valence-electron chi connectivity index (χ4n) is 1.81. The van der Waals surface area contributed by atoms with Gasteiger partial charge in [-0.1, -0.05) is 0 Å². The number of amides is 1. The zero-order valence-electron chi connectivity index (χ0n) is 9.98. The maximum Gasteiger partial charge on any atom is 0.252 e. The molecule has 5 nitrogen and oxygen atoms in total. The van der Waals surface area contributed by atoms with E-state index in [1.807, 2.05) is 0 Å². The number of anilines is 1. The number of nitriles is 1. The van der Waals surface area contributed by atoms with E-state index in [1.54, 1.807) is 12.1 Å². The van der Waals surface area contributed by atoms with Crippen molar-refractivity contribution < 1.29 is 9.53 Å². The summed E-state index contributed by atoms with van der Waals surface area (Å²) < 4.78 is 5.63. The van der Waals surface area contributed by atoms with Gasteiger partial charge < -0.3 is 16.2 Å². The molecule has 1 aromatic rings. The Hall–Kier alpha value is -2.22. The van der Waals surface area contributed by atoms with Crippen LogP contribution in [0.15, 0.2) is 18.2 Å². The van der Waals surface area contributed by atoms with E-state index in [1.165, 1.54) is 6.07 Å². The van der Waals surface area contributed by atoms with E-state index in [0.717, 1.165) is 12.8 Å². The molecule has 0 heterocycles. The van der Waals surface area contributed by atoms with Gasteiger partial charge in [0.25, 0.3) is 5.91 Å². The van der Waals surface area contributed by atoms with Gasteiger partial charge in [-0.05, 0) is 31.0 Å². The lowest BCUT2D eigenvalue weighted by Crippen LogP contribution is -2.17. The molecule has 1 aliphatic rings. The summed E-state index contributed by atoms with van der Waals surface area (Å²) >= 11 is 0. The van der Waals surface area contributed by atoms with Crippen LogP contribution in [0.1, 0.15) is 29.6 Å². The van der Waals surface area contributed by atoms with Crippen LogP contribution < -0.4 is 16.2 Å². The SMILES string of the molecule is N#CCC1(COc2ccc(N)cc2C(N)=O)CC1. The largest absolute Gasteiger partial charge is 0.492 e. The molecular formula is C13H15N3O2. The van der Waals surface area contributed by atoms with Crippen LogP contribution in [0.3, 0.4) is 0 Å². The lowest BCUT2D eigenvalue weighted by molar-refractivity contribution is 0.0995. The van der Waals surface area contributed by atoms with Gasteiger partial charge in [0.2, 0.25) is 0 Å². The predicted octanol–water partition coefficient (Wildman–Crippen LogP) is 1.44. The Morgan fingerprint density at radius 1 is 1.50 bits per heavy atom. The monoisotopic (exact) mass is 245 g/mol. The summed E-state index contributed by atoms with van der Waals surface area (Å²) in [6.07, 6.45) is 2.46. The molecule has 1 fully saturated rings.